The smallest absolute Gasteiger partial charge is 0.225 e. The molecule has 0 spiro atoms. The van der Waals surface area contributed by atoms with Crippen LogP contribution in [0.2, 0.25) is 5.28 Å². The van der Waals surface area contributed by atoms with E-state index in [9.17, 15) is 0 Å². The maximum atomic E-state index is 6.06. The molecule has 0 saturated carbocycles. The highest BCUT2D eigenvalue weighted by Gasteiger charge is 2.20. The summed E-state index contributed by atoms with van der Waals surface area (Å²) in [6, 6.07) is 5.67. The van der Waals surface area contributed by atoms with Crippen molar-refractivity contribution in [1.29, 1.82) is 0 Å². The molecule has 0 aliphatic carbocycles. The molecule has 3 aromatic rings. The van der Waals surface area contributed by atoms with Crippen molar-refractivity contribution >= 4 is 28.5 Å². The molecule has 0 bridgehead atoms. The van der Waals surface area contributed by atoms with Crippen LogP contribution in [0.15, 0.2) is 35.0 Å². The highest BCUT2D eigenvalue weighted by Crippen LogP contribution is 2.32. The second-order valence-electron chi connectivity index (χ2n) is 4.98. The predicted octanol–water partition coefficient (Wildman–Crippen LogP) is 2.77. The first-order valence-electron chi connectivity index (χ1n) is 7.01. The van der Waals surface area contributed by atoms with E-state index in [4.69, 9.17) is 20.8 Å². The lowest BCUT2D eigenvalue weighted by Crippen LogP contribution is -2.36. The van der Waals surface area contributed by atoms with Gasteiger partial charge in [-0.25, -0.2) is 4.98 Å². The highest BCUT2D eigenvalue weighted by atomic mass is 35.5. The minimum atomic E-state index is 0.215. The van der Waals surface area contributed by atoms with Crippen molar-refractivity contribution in [2.24, 2.45) is 0 Å². The third-order valence-corrected chi connectivity index (χ3v) is 3.75. The third-order valence-electron chi connectivity index (χ3n) is 3.58. The van der Waals surface area contributed by atoms with Gasteiger partial charge in [0.1, 0.15) is 11.3 Å². The Kier molecular flexibility index (Phi) is 3.40. The molecule has 0 N–H and O–H groups in total. The van der Waals surface area contributed by atoms with Crippen LogP contribution in [0.5, 0.6) is 0 Å². The molecule has 1 aliphatic heterocycles. The molecule has 22 heavy (non-hydrogen) atoms. The molecule has 0 radical (unpaired) electrons. The molecule has 7 heteroatoms. The number of fused-ring (bicyclic) bond motifs is 1. The zero-order valence-corrected chi connectivity index (χ0v) is 12.5. The lowest BCUT2D eigenvalue weighted by molar-refractivity contribution is 0.122. The standard InChI is InChI=1S/C15H13ClN4O2/c16-15-18-11-8-12(10-2-1-3-17-9-10)22-13(11)14(19-15)20-4-6-21-7-5-20/h1-3,8-9H,4-7H2. The summed E-state index contributed by atoms with van der Waals surface area (Å²) in [6.07, 6.45) is 3.48. The summed E-state index contributed by atoms with van der Waals surface area (Å²) in [6.45, 7) is 2.84. The van der Waals surface area contributed by atoms with Crippen LogP contribution in [0.4, 0.5) is 5.82 Å². The summed E-state index contributed by atoms with van der Waals surface area (Å²) in [5, 5.41) is 0.215. The summed E-state index contributed by atoms with van der Waals surface area (Å²) >= 11 is 6.06. The van der Waals surface area contributed by atoms with Crippen molar-refractivity contribution in [1.82, 2.24) is 15.0 Å². The fourth-order valence-corrected chi connectivity index (χ4v) is 2.70. The number of morpholine rings is 1. The number of hydrogen-bond donors (Lipinski definition) is 0. The van der Waals surface area contributed by atoms with Crippen LogP contribution >= 0.6 is 11.6 Å². The Bertz CT molecular complexity index is 800. The molecule has 1 saturated heterocycles. The molecule has 1 fully saturated rings. The van der Waals surface area contributed by atoms with Crippen molar-refractivity contribution in [2.75, 3.05) is 31.2 Å². The molecule has 4 heterocycles. The SMILES string of the molecule is Clc1nc(N2CCOCC2)c2oc(-c3cccnc3)cc2n1. The number of pyridine rings is 1. The van der Waals surface area contributed by atoms with Crippen molar-refractivity contribution in [3.05, 3.63) is 35.9 Å². The molecule has 3 aromatic heterocycles. The summed E-state index contributed by atoms with van der Waals surface area (Å²) in [4.78, 5) is 14.8. The van der Waals surface area contributed by atoms with Crippen LogP contribution in [0.25, 0.3) is 22.4 Å². The lowest BCUT2D eigenvalue weighted by atomic mass is 10.2. The van der Waals surface area contributed by atoms with E-state index in [2.05, 4.69) is 19.9 Å². The molecule has 1 aliphatic rings. The first-order valence-corrected chi connectivity index (χ1v) is 7.39. The average molecular weight is 317 g/mol. The van der Waals surface area contributed by atoms with Gasteiger partial charge < -0.3 is 14.1 Å². The van der Waals surface area contributed by atoms with Gasteiger partial charge in [-0.15, -0.1) is 0 Å². The maximum Gasteiger partial charge on any atom is 0.225 e. The Morgan fingerprint density at radius 2 is 2.05 bits per heavy atom. The van der Waals surface area contributed by atoms with E-state index in [-0.39, 0.29) is 5.28 Å². The van der Waals surface area contributed by atoms with Crippen LogP contribution in [0.3, 0.4) is 0 Å². The number of aromatic nitrogens is 3. The molecule has 0 amide bonds. The third kappa shape index (κ3) is 2.40. The van der Waals surface area contributed by atoms with E-state index in [1.54, 1.807) is 12.4 Å². The van der Waals surface area contributed by atoms with Crippen LogP contribution < -0.4 is 4.90 Å². The summed E-state index contributed by atoms with van der Waals surface area (Å²) in [5.74, 6) is 1.42. The van der Waals surface area contributed by atoms with Gasteiger partial charge in [-0.05, 0) is 23.7 Å². The van der Waals surface area contributed by atoms with Crippen LogP contribution in [-0.4, -0.2) is 41.3 Å². The van der Waals surface area contributed by atoms with Gasteiger partial charge >= 0.3 is 0 Å². The van der Waals surface area contributed by atoms with E-state index in [1.807, 2.05) is 18.2 Å². The minimum absolute atomic E-state index is 0.215. The van der Waals surface area contributed by atoms with E-state index in [0.717, 1.165) is 18.7 Å². The Morgan fingerprint density at radius 1 is 1.18 bits per heavy atom. The number of ether oxygens (including phenoxy) is 1. The normalized spacial score (nSPS) is 15.4. The predicted molar refractivity (Wildman–Crippen MR) is 83.1 cm³/mol. The lowest BCUT2D eigenvalue weighted by Gasteiger charge is -2.27. The van der Waals surface area contributed by atoms with Crippen LogP contribution in [0, 0.1) is 0 Å². The Morgan fingerprint density at radius 3 is 2.82 bits per heavy atom. The summed E-state index contributed by atoms with van der Waals surface area (Å²) in [5.41, 5.74) is 2.23. The van der Waals surface area contributed by atoms with Crippen molar-refractivity contribution in [3.8, 4) is 11.3 Å². The fraction of sp³-hybridized carbons (Fsp3) is 0.267. The maximum absolute atomic E-state index is 6.06. The fourth-order valence-electron chi connectivity index (χ4n) is 2.53. The van der Waals surface area contributed by atoms with E-state index >= 15 is 0 Å². The molecule has 112 valence electrons. The molecular formula is C15H13ClN4O2. The second-order valence-corrected chi connectivity index (χ2v) is 5.32. The van der Waals surface area contributed by atoms with E-state index in [1.165, 1.54) is 0 Å². The van der Waals surface area contributed by atoms with Gasteiger partial charge in [0.25, 0.3) is 0 Å². The minimum Gasteiger partial charge on any atom is -0.450 e. The highest BCUT2D eigenvalue weighted by molar-refractivity contribution is 6.28. The van der Waals surface area contributed by atoms with Gasteiger partial charge in [-0.2, -0.15) is 4.98 Å². The van der Waals surface area contributed by atoms with Gasteiger partial charge in [0.15, 0.2) is 11.4 Å². The van der Waals surface area contributed by atoms with Crippen molar-refractivity contribution in [3.63, 3.8) is 0 Å². The van der Waals surface area contributed by atoms with Crippen LogP contribution in [-0.2, 0) is 4.74 Å². The first kappa shape index (κ1) is 13.5. The topological polar surface area (TPSA) is 64.3 Å². The van der Waals surface area contributed by atoms with Crippen molar-refractivity contribution in [2.45, 2.75) is 0 Å². The van der Waals surface area contributed by atoms with Crippen molar-refractivity contribution < 1.29 is 9.15 Å². The zero-order valence-electron chi connectivity index (χ0n) is 11.7. The van der Waals surface area contributed by atoms with Gasteiger partial charge in [0.2, 0.25) is 5.28 Å². The van der Waals surface area contributed by atoms with Gasteiger partial charge in [0, 0.05) is 37.1 Å². The van der Waals surface area contributed by atoms with Gasteiger partial charge in [0.05, 0.1) is 13.2 Å². The second kappa shape index (κ2) is 5.55. The van der Waals surface area contributed by atoms with Crippen LogP contribution in [0.1, 0.15) is 0 Å². The number of halogens is 1. The zero-order chi connectivity index (χ0) is 14.9. The van der Waals surface area contributed by atoms with E-state index < -0.39 is 0 Å². The summed E-state index contributed by atoms with van der Waals surface area (Å²) < 4.78 is 11.4. The van der Waals surface area contributed by atoms with E-state index in [0.29, 0.717) is 35.9 Å². The first-order chi connectivity index (χ1) is 10.8. The van der Waals surface area contributed by atoms with Gasteiger partial charge in [-0.1, -0.05) is 0 Å². The number of hydrogen-bond acceptors (Lipinski definition) is 6. The average Bonchev–Trinajstić information content (AvgIpc) is 2.99. The Labute approximate surface area is 131 Å². The Hall–Kier alpha value is -2.18. The number of nitrogens with zero attached hydrogens (tertiary/aromatic N) is 4. The molecular weight excluding hydrogens is 304 g/mol. The molecule has 6 nitrogen and oxygen atoms in total. The molecule has 0 aromatic carbocycles. The number of rotatable bonds is 2. The molecule has 4 rings (SSSR count). The monoisotopic (exact) mass is 316 g/mol. The Balaban J connectivity index is 1.84. The van der Waals surface area contributed by atoms with Gasteiger partial charge in [-0.3, -0.25) is 4.98 Å². The molecule has 0 atom stereocenters. The number of furan rings is 1. The summed E-state index contributed by atoms with van der Waals surface area (Å²) in [7, 11) is 0. The number of anilines is 1. The quantitative estimate of drug-likeness (QED) is 0.677. The molecule has 0 unspecified atom stereocenters. The largest absolute Gasteiger partial charge is 0.450 e.